The molecular weight excluding hydrogens is 355 g/mol. The summed E-state index contributed by atoms with van der Waals surface area (Å²) in [6.45, 7) is 0. The van der Waals surface area contributed by atoms with E-state index < -0.39 is 0 Å². The number of hydrogen-bond donors (Lipinski definition) is 0. The summed E-state index contributed by atoms with van der Waals surface area (Å²) in [7, 11) is 1.79. The molecule has 0 spiro atoms. The van der Waals surface area contributed by atoms with Crippen molar-refractivity contribution < 1.29 is 8.81 Å². The van der Waals surface area contributed by atoms with Crippen LogP contribution < -0.4 is 5.43 Å². The standard InChI is InChI=1S/C23H17FN2O2/c1-26-15-18(14-17-10-12-19(24)13-11-17)22(27)21-23(26)28-20(25-21)9-5-8-16-6-3-2-4-7-16/h2-4,6-7,10-13,15H,8,14H2,1H3. The number of nitrogens with zero attached hydrogens (tertiary/aromatic N) is 2. The van der Waals surface area contributed by atoms with E-state index in [9.17, 15) is 9.18 Å². The summed E-state index contributed by atoms with van der Waals surface area (Å²) >= 11 is 0. The van der Waals surface area contributed by atoms with Crippen molar-refractivity contribution in [3.05, 3.63) is 99.4 Å². The van der Waals surface area contributed by atoms with Gasteiger partial charge in [-0.1, -0.05) is 48.4 Å². The summed E-state index contributed by atoms with van der Waals surface area (Å²) in [5.74, 6) is 5.83. The van der Waals surface area contributed by atoms with Gasteiger partial charge >= 0.3 is 0 Å². The third kappa shape index (κ3) is 3.72. The first-order chi connectivity index (χ1) is 13.6. The van der Waals surface area contributed by atoms with Crippen LogP contribution in [0.15, 0.2) is 70.0 Å². The molecule has 0 aliphatic carbocycles. The van der Waals surface area contributed by atoms with E-state index in [4.69, 9.17) is 4.42 Å². The number of hydrogen-bond acceptors (Lipinski definition) is 3. The van der Waals surface area contributed by atoms with E-state index in [1.54, 1.807) is 29.9 Å². The summed E-state index contributed by atoms with van der Waals surface area (Å²) < 4.78 is 20.5. The predicted octanol–water partition coefficient (Wildman–Crippen LogP) is 3.85. The molecule has 2 aromatic carbocycles. The van der Waals surface area contributed by atoms with Gasteiger partial charge < -0.3 is 8.98 Å². The van der Waals surface area contributed by atoms with E-state index in [1.807, 2.05) is 30.3 Å². The average Bonchev–Trinajstić information content (AvgIpc) is 3.14. The van der Waals surface area contributed by atoms with Crippen LogP contribution in [0.1, 0.15) is 22.6 Å². The molecule has 0 bridgehead atoms. The molecule has 2 heterocycles. The fourth-order valence-electron chi connectivity index (χ4n) is 3.02. The van der Waals surface area contributed by atoms with Crippen molar-refractivity contribution in [1.82, 2.24) is 9.55 Å². The number of halogens is 1. The molecule has 0 aliphatic rings. The molecule has 0 saturated carbocycles. The summed E-state index contributed by atoms with van der Waals surface area (Å²) in [4.78, 5) is 17.1. The van der Waals surface area contributed by atoms with Gasteiger partial charge in [-0.25, -0.2) is 4.39 Å². The first kappa shape index (κ1) is 17.7. The van der Waals surface area contributed by atoms with Crippen LogP contribution >= 0.6 is 0 Å². The number of aryl methyl sites for hydroxylation is 1. The molecule has 28 heavy (non-hydrogen) atoms. The van der Waals surface area contributed by atoms with Crippen LogP contribution in [-0.4, -0.2) is 9.55 Å². The zero-order valence-corrected chi connectivity index (χ0v) is 15.3. The summed E-state index contributed by atoms with van der Waals surface area (Å²) in [5, 5.41) is 0. The van der Waals surface area contributed by atoms with Crippen LogP contribution in [0.25, 0.3) is 11.2 Å². The van der Waals surface area contributed by atoms with Gasteiger partial charge in [0.05, 0.1) is 0 Å². The van der Waals surface area contributed by atoms with Gasteiger partial charge in [0.15, 0.2) is 5.52 Å². The first-order valence-electron chi connectivity index (χ1n) is 8.86. The number of oxazole rings is 1. The Bertz CT molecular complexity index is 1240. The highest BCUT2D eigenvalue weighted by molar-refractivity contribution is 5.70. The molecule has 2 aromatic heterocycles. The van der Waals surface area contributed by atoms with Crippen LogP contribution in [0.5, 0.6) is 0 Å². The predicted molar refractivity (Wildman–Crippen MR) is 105 cm³/mol. The first-order valence-corrected chi connectivity index (χ1v) is 8.86. The molecule has 0 N–H and O–H groups in total. The molecule has 0 fully saturated rings. The lowest BCUT2D eigenvalue weighted by atomic mass is 10.1. The lowest BCUT2D eigenvalue weighted by Crippen LogP contribution is -2.13. The Labute approximate surface area is 161 Å². The molecule has 4 aromatic rings. The van der Waals surface area contributed by atoms with Crippen molar-refractivity contribution in [3.8, 4) is 11.8 Å². The third-order valence-corrected chi connectivity index (χ3v) is 4.42. The number of fused-ring (bicyclic) bond motifs is 1. The van der Waals surface area contributed by atoms with E-state index in [2.05, 4.69) is 16.8 Å². The quantitative estimate of drug-likeness (QED) is 0.513. The van der Waals surface area contributed by atoms with Gasteiger partial charge in [0.2, 0.25) is 11.1 Å². The highest BCUT2D eigenvalue weighted by Crippen LogP contribution is 2.15. The minimum atomic E-state index is -0.303. The molecule has 4 nitrogen and oxygen atoms in total. The highest BCUT2D eigenvalue weighted by atomic mass is 19.1. The third-order valence-electron chi connectivity index (χ3n) is 4.42. The number of rotatable bonds is 3. The minimum Gasteiger partial charge on any atom is -0.412 e. The second-order valence-electron chi connectivity index (χ2n) is 6.53. The monoisotopic (exact) mass is 372 g/mol. The van der Waals surface area contributed by atoms with Gasteiger partial charge in [-0.2, -0.15) is 4.98 Å². The van der Waals surface area contributed by atoms with E-state index in [0.717, 1.165) is 11.1 Å². The molecule has 0 radical (unpaired) electrons. The molecular formula is C23H17FN2O2. The van der Waals surface area contributed by atoms with Crippen LogP contribution in [0.2, 0.25) is 0 Å². The molecule has 0 amide bonds. The minimum absolute atomic E-state index is 0.197. The second-order valence-corrected chi connectivity index (χ2v) is 6.53. The Morgan fingerprint density at radius 3 is 2.57 bits per heavy atom. The molecule has 5 heteroatoms. The van der Waals surface area contributed by atoms with Gasteiger partial charge in [-0.3, -0.25) is 4.79 Å². The Hall–Kier alpha value is -3.65. The normalized spacial score (nSPS) is 10.6. The second kappa shape index (κ2) is 7.53. The Kier molecular flexibility index (Phi) is 4.77. The summed E-state index contributed by atoms with van der Waals surface area (Å²) in [6.07, 6.45) is 2.69. The van der Waals surface area contributed by atoms with E-state index >= 15 is 0 Å². The smallest absolute Gasteiger partial charge is 0.275 e. The molecule has 4 rings (SSSR count). The van der Waals surface area contributed by atoms with Crippen LogP contribution in [0.4, 0.5) is 4.39 Å². The zero-order valence-electron chi connectivity index (χ0n) is 15.3. The molecule has 0 atom stereocenters. The molecule has 138 valence electrons. The van der Waals surface area contributed by atoms with Crippen molar-refractivity contribution in [2.24, 2.45) is 7.05 Å². The Morgan fingerprint density at radius 1 is 1.07 bits per heavy atom. The van der Waals surface area contributed by atoms with Crippen LogP contribution in [0.3, 0.4) is 0 Å². The summed E-state index contributed by atoms with van der Waals surface area (Å²) in [5.41, 5.74) is 2.96. The molecule has 0 unspecified atom stereocenters. The van der Waals surface area contributed by atoms with Gasteiger partial charge in [0, 0.05) is 31.6 Å². The molecule has 0 aliphatic heterocycles. The highest BCUT2D eigenvalue weighted by Gasteiger charge is 2.14. The van der Waals surface area contributed by atoms with E-state index in [1.165, 1.54) is 12.1 Å². The maximum atomic E-state index is 13.1. The van der Waals surface area contributed by atoms with Crippen molar-refractivity contribution in [2.75, 3.05) is 0 Å². The lowest BCUT2D eigenvalue weighted by molar-refractivity contribution is 0.557. The van der Waals surface area contributed by atoms with Crippen LogP contribution in [0, 0.1) is 17.7 Å². The van der Waals surface area contributed by atoms with Gasteiger partial charge in [-0.05, 0) is 29.2 Å². The number of pyridine rings is 1. The zero-order chi connectivity index (χ0) is 19.5. The maximum absolute atomic E-state index is 13.1. The largest absolute Gasteiger partial charge is 0.412 e. The van der Waals surface area contributed by atoms with Gasteiger partial charge in [0.25, 0.3) is 5.89 Å². The van der Waals surface area contributed by atoms with E-state index in [-0.39, 0.29) is 22.7 Å². The fraction of sp³-hybridized carbons (Fsp3) is 0.130. The average molecular weight is 372 g/mol. The van der Waals surface area contributed by atoms with Crippen molar-refractivity contribution in [1.29, 1.82) is 0 Å². The fourth-order valence-corrected chi connectivity index (χ4v) is 3.02. The van der Waals surface area contributed by atoms with Crippen molar-refractivity contribution >= 4 is 11.2 Å². The maximum Gasteiger partial charge on any atom is 0.275 e. The van der Waals surface area contributed by atoms with Crippen molar-refractivity contribution in [3.63, 3.8) is 0 Å². The van der Waals surface area contributed by atoms with Gasteiger partial charge in [0.1, 0.15) is 5.82 Å². The number of benzene rings is 2. The SMILES string of the molecule is Cn1cc(Cc2ccc(F)cc2)c(=O)c2nc(C#CCc3ccccc3)oc21. The van der Waals surface area contributed by atoms with Gasteiger partial charge in [-0.15, -0.1) is 0 Å². The lowest BCUT2D eigenvalue weighted by Gasteiger charge is -2.04. The van der Waals surface area contributed by atoms with E-state index in [0.29, 0.717) is 24.1 Å². The number of aromatic nitrogens is 2. The van der Waals surface area contributed by atoms with Crippen molar-refractivity contribution in [2.45, 2.75) is 12.8 Å². The Morgan fingerprint density at radius 2 is 1.82 bits per heavy atom. The Balaban J connectivity index is 1.64. The molecule has 0 saturated heterocycles. The topological polar surface area (TPSA) is 48.0 Å². The summed E-state index contributed by atoms with van der Waals surface area (Å²) in [6, 6.07) is 16.0. The van der Waals surface area contributed by atoms with Crippen LogP contribution in [-0.2, 0) is 19.9 Å².